The Hall–Kier alpha value is -0.0400. The summed E-state index contributed by atoms with van der Waals surface area (Å²) in [4.78, 5) is 11.8. The summed E-state index contributed by atoms with van der Waals surface area (Å²) in [6.07, 6.45) is 0.916. The van der Waals surface area contributed by atoms with E-state index in [0.29, 0.717) is 17.1 Å². The Morgan fingerprint density at radius 1 is 1.41 bits per heavy atom. The van der Waals surface area contributed by atoms with E-state index in [1.165, 1.54) is 0 Å². The summed E-state index contributed by atoms with van der Waals surface area (Å²) in [6.45, 7) is 1.56. The lowest BCUT2D eigenvalue weighted by atomic mass is 10.2. The molecule has 3 nitrogen and oxygen atoms in total. The number of rotatable bonds is 5. The Balaban J connectivity index is 0.00000256. The third-order valence-electron chi connectivity index (χ3n) is 2.06. The van der Waals surface area contributed by atoms with Crippen LogP contribution in [0.1, 0.15) is 16.8 Å². The van der Waals surface area contributed by atoms with Gasteiger partial charge in [-0.15, -0.1) is 12.4 Å². The van der Waals surface area contributed by atoms with Crippen LogP contribution in [0.4, 0.5) is 0 Å². The molecule has 6 heteroatoms. The van der Waals surface area contributed by atoms with E-state index in [9.17, 15) is 4.79 Å². The van der Waals surface area contributed by atoms with Gasteiger partial charge in [0.15, 0.2) is 0 Å². The van der Waals surface area contributed by atoms with E-state index in [4.69, 9.17) is 11.6 Å². The minimum atomic E-state index is -0.0667. The topological polar surface area (TPSA) is 41.1 Å². The first-order valence-corrected chi connectivity index (χ1v) is 6.48. The number of carbonyl (C=O) groups is 1. The zero-order valence-corrected chi connectivity index (χ0v) is 13.2. The molecule has 0 saturated carbocycles. The number of hydrogen-bond donors (Lipinski definition) is 2. The maximum absolute atomic E-state index is 11.8. The molecule has 17 heavy (non-hydrogen) atoms. The molecular weight excluding hydrogens is 374 g/mol. The van der Waals surface area contributed by atoms with Gasteiger partial charge >= 0.3 is 0 Å². The molecular formula is C11H15Cl2IN2O. The fourth-order valence-corrected chi connectivity index (χ4v) is 1.99. The lowest BCUT2D eigenvalue weighted by molar-refractivity contribution is 0.0952. The molecule has 0 heterocycles. The summed E-state index contributed by atoms with van der Waals surface area (Å²) < 4.78 is 0.910. The molecule has 0 spiro atoms. The van der Waals surface area contributed by atoms with Gasteiger partial charge in [-0.1, -0.05) is 11.6 Å². The van der Waals surface area contributed by atoms with E-state index in [0.717, 1.165) is 16.5 Å². The van der Waals surface area contributed by atoms with Crippen molar-refractivity contribution in [3.8, 4) is 0 Å². The van der Waals surface area contributed by atoms with Crippen LogP contribution in [0.25, 0.3) is 0 Å². The van der Waals surface area contributed by atoms with Gasteiger partial charge in [0, 0.05) is 15.1 Å². The molecule has 0 atom stereocenters. The number of amides is 1. The highest BCUT2D eigenvalue weighted by atomic mass is 127. The Labute approximate surface area is 126 Å². The van der Waals surface area contributed by atoms with E-state index < -0.39 is 0 Å². The van der Waals surface area contributed by atoms with Gasteiger partial charge in [0.1, 0.15) is 0 Å². The standard InChI is InChI=1S/C11H14ClIN2O.ClH/c1-14-5-2-6-15-11(16)9-7-8(12)3-4-10(9)13;/h3-4,7,14H,2,5-6H2,1H3,(H,15,16);1H. The van der Waals surface area contributed by atoms with Crippen LogP contribution in [0, 0.1) is 3.57 Å². The Morgan fingerprint density at radius 2 is 2.12 bits per heavy atom. The van der Waals surface area contributed by atoms with Crippen molar-refractivity contribution in [2.45, 2.75) is 6.42 Å². The summed E-state index contributed by atoms with van der Waals surface area (Å²) in [5.74, 6) is -0.0667. The van der Waals surface area contributed by atoms with Crippen LogP contribution in [-0.4, -0.2) is 26.0 Å². The molecule has 2 N–H and O–H groups in total. The first-order chi connectivity index (χ1) is 7.65. The fraction of sp³-hybridized carbons (Fsp3) is 0.364. The van der Waals surface area contributed by atoms with Gasteiger partial charge in [0.2, 0.25) is 0 Å². The first-order valence-electron chi connectivity index (χ1n) is 5.03. The van der Waals surface area contributed by atoms with Crippen LogP contribution >= 0.6 is 46.6 Å². The molecule has 0 aliphatic carbocycles. The van der Waals surface area contributed by atoms with E-state index in [1.807, 2.05) is 13.1 Å². The highest BCUT2D eigenvalue weighted by molar-refractivity contribution is 14.1. The van der Waals surface area contributed by atoms with Crippen molar-refractivity contribution in [3.05, 3.63) is 32.4 Å². The van der Waals surface area contributed by atoms with Crippen LogP contribution in [0.2, 0.25) is 5.02 Å². The van der Waals surface area contributed by atoms with Crippen LogP contribution in [0.15, 0.2) is 18.2 Å². The quantitative estimate of drug-likeness (QED) is 0.601. The Bertz CT molecular complexity index is 374. The second-order valence-corrected chi connectivity index (χ2v) is 4.94. The molecule has 1 rings (SSSR count). The lowest BCUT2D eigenvalue weighted by Crippen LogP contribution is -2.27. The van der Waals surface area contributed by atoms with E-state index >= 15 is 0 Å². The minimum Gasteiger partial charge on any atom is -0.352 e. The highest BCUT2D eigenvalue weighted by Crippen LogP contribution is 2.17. The number of nitrogens with one attached hydrogen (secondary N) is 2. The molecule has 1 aromatic rings. The Kier molecular flexibility index (Phi) is 8.94. The molecule has 0 aliphatic heterocycles. The molecule has 0 aliphatic rings. The summed E-state index contributed by atoms with van der Waals surface area (Å²) in [7, 11) is 1.89. The Morgan fingerprint density at radius 3 is 2.76 bits per heavy atom. The number of benzene rings is 1. The zero-order chi connectivity index (χ0) is 12.0. The van der Waals surface area contributed by atoms with E-state index in [2.05, 4.69) is 33.2 Å². The normalized spacial score (nSPS) is 9.59. The first kappa shape index (κ1) is 17.0. The second-order valence-electron chi connectivity index (χ2n) is 3.34. The van der Waals surface area contributed by atoms with Crippen molar-refractivity contribution in [2.24, 2.45) is 0 Å². The van der Waals surface area contributed by atoms with Gasteiger partial charge in [-0.2, -0.15) is 0 Å². The summed E-state index contributed by atoms with van der Waals surface area (Å²) in [5, 5.41) is 6.47. The van der Waals surface area contributed by atoms with Crippen LogP contribution in [0.5, 0.6) is 0 Å². The third kappa shape index (κ3) is 5.90. The molecule has 1 aromatic carbocycles. The molecule has 0 aromatic heterocycles. The summed E-state index contributed by atoms with van der Waals surface area (Å²) in [6, 6.07) is 5.31. The predicted octanol–water partition coefficient (Wildman–Crippen LogP) is 2.71. The predicted molar refractivity (Wildman–Crippen MR) is 82.3 cm³/mol. The van der Waals surface area contributed by atoms with Crippen molar-refractivity contribution in [2.75, 3.05) is 20.1 Å². The van der Waals surface area contributed by atoms with Crippen LogP contribution < -0.4 is 10.6 Å². The highest BCUT2D eigenvalue weighted by Gasteiger charge is 2.09. The SMILES string of the molecule is CNCCCNC(=O)c1cc(Cl)ccc1I.Cl. The molecule has 0 fully saturated rings. The lowest BCUT2D eigenvalue weighted by Gasteiger charge is -2.07. The monoisotopic (exact) mass is 388 g/mol. The van der Waals surface area contributed by atoms with Crippen molar-refractivity contribution < 1.29 is 4.79 Å². The van der Waals surface area contributed by atoms with E-state index in [1.54, 1.807) is 12.1 Å². The van der Waals surface area contributed by atoms with Gasteiger partial charge < -0.3 is 10.6 Å². The van der Waals surface area contributed by atoms with Crippen molar-refractivity contribution in [1.82, 2.24) is 10.6 Å². The van der Waals surface area contributed by atoms with Crippen molar-refractivity contribution in [3.63, 3.8) is 0 Å². The number of hydrogen-bond acceptors (Lipinski definition) is 2. The minimum absolute atomic E-state index is 0. The van der Waals surface area contributed by atoms with Gasteiger partial charge in [0.25, 0.3) is 5.91 Å². The molecule has 0 bridgehead atoms. The molecule has 0 radical (unpaired) electrons. The number of carbonyl (C=O) groups excluding carboxylic acids is 1. The number of halogens is 3. The largest absolute Gasteiger partial charge is 0.352 e. The molecule has 96 valence electrons. The molecule has 0 unspecified atom stereocenters. The zero-order valence-electron chi connectivity index (χ0n) is 9.43. The summed E-state index contributed by atoms with van der Waals surface area (Å²) in [5.41, 5.74) is 0.637. The van der Waals surface area contributed by atoms with Gasteiger partial charge in [-0.05, 0) is 60.8 Å². The second kappa shape index (κ2) is 8.97. The average Bonchev–Trinajstić information content (AvgIpc) is 2.27. The fourth-order valence-electron chi connectivity index (χ4n) is 1.23. The van der Waals surface area contributed by atoms with Crippen molar-refractivity contribution in [1.29, 1.82) is 0 Å². The van der Waals surface area contributed by atoms with Crippen LogP contribution in [-0.2, 0) is 0 Å². The van der Waals surface area contributed by atoms with Crippen molar-refractivity contribution >= 4 is 52.5 Å². The smallest absolute Gasteiger partial charge is 0.252 e. The van der Waals surface area contributed by atoms with Gasteiger partial charge in [-0.3, -0.25) is 4.79 Å². The molecule has 1 amide bonds. The summed E-state index contributed by atoms with van der Waals surface area (Å²) >= 11 is 7.98. The maximum atomic E-state index is 11.8. The van der Waals surface area contributed by atoms with E-state index in [-0.39, 0.29) is 18.3 Å². The van der Waals surface area contributed by atoms with Gasteiger partial charge in [0.05, 0.1) is 5.56 Å². The average molecular weight is 389 g/mol. The maximum Gasteiger partial charge on any atom is 0.252 e. The molecule has 0 saturated heterocycles. The van der Waals surface area contributed by atoms with Crippen LogP contribution in [0.3, 0.4) is 0 Å². The third-order valence-corrected chi connectivity index (χ3v) is 3.24. The van der Waals surface area contributed by atoms with Gasteiger partial charge in [-0.25, -0.2) is 0 Å².